The molecule has 0 radical (unpaired) electrons. The zero-order valence-corrected chi connectivity index (χ0v) is 11.6. The summed E-state index contributed by atoms with van der Waals surface area (Å²) in [5.74, 6) is 0.235. The lowest BCUT2D eigenvalue weighted by molar-refractivity contribution is -0.131. The summed E-state index contributed by atoms with van der Waals surface area (Å²) in [6.45, 7) is 4.25. The minimum absolute atomic E-state index is 0.0890. The lowest BCUT2D eigenvalue weighted by Gasteiger charge is -2.32. The average Bonchev–Trinajstić information content (AvgIpc) is 2.99. The third-order valence-electron chi connectivity index (χ3n) is 4.71. The first-order valence-corrected chi connectivity index (χ1v) is 7.33. The van der Waals surface area contributed by atoms with Gasteiger partial charge in [-0.3, -0.25) is 9.69 Å². The Kier molecular flexibility index (Phi) is 3.31. The number of rotatable bonds is 3. The second-order valence-corrected chi connectivity index (χ2v) is 5.83. The van der Waals surface area contributed by atoms with Crippen molar-refractivity contribution in [2.45, 2.75) is 44.2 Å². The minimum Gasteiger partial charge on any atom is -0.348 e. The average molecular weight is 258 g/mol. The van der Waals surface area contributed by atoms with E-state index in [9.17, 15) is 4.79 Å². The summed E-state index contributed by atoms with van der Waals surface area (Å²) >= 11 is 0. The maximum Gasteiger partial charge on any atom is 0.240 e. The highest BCUT2D eigenvalue weighted by atomic mass is 16.2. The number of hydrogen-bond acceptors (Lipinski definition) is 2. The molecular weight excluding hydrogens is 236 g/mol. The van der Waals surface area contributed by atoms with Gasteiger partial charge in [-0.05, 0) is 51.3 Å². The lowest BCUT2D eigenvalue weighted by atomic mass is 9.92. The third kappa shape index (κ3) is 2.16. The molecule has 2 aliphatic heterocycles. The van der Waals surface area contributed by atoms with Gasteiger partial charge in [-0.25, -0.2) is 0 Å². The number of nitrogens with one attached hydrogen (secondary N) is 1. The van der Waals surface area contributed by atoms with Crippen LogP contribution in [-0.4, -0.2) is 29.4 Å². The molecule has 2 saturated heterocycles. The van der Waals surface area contributed by atoms with E-state index in [4.69, 9.17) is 0 Å². The van der Waals surface area contributed by atoms with Crippen molar-refractivity contribution in [2.24, 2.45) is 0 Å². The Labute approximate surface area is 115 Å². The van der Waals surface area contributed by atoms with Crippen molar-refractivity contribution in [1.29, 1.82) is 0 Å². The fourth-order valence-corrected chi connectivity index (χ4v) is 3.63. The van der Waals surface area contributed by atoms with Gasteiger partial charge in [0.2, 0.25) is 5.91 Å². The quantitative estimate of drug-likeness (QED) is 0.903. The third-order valence-corrected chi connectivity index (χ3v) is 4.71. The van der Waals surface area contributed by atoms with Crippen LogP contribution in [0.5, 0.6) is 0 Å². The van der Waals surface area contributed by atoms with Crippen molar-refractivity contribution in [3.63, 3.8) is 0 Å². The molecule has 0 saturated carbocycles. The Hall–Kier alpha value is -1.35. The van der Waals surface area contributed by atoms with Crippen LogP contribution in [0, 0.1) is 0 Å². The lowest BCUT2D eigenvalue weighted by Crippen LogP contribution is -2.52. The van der Waals surface area contributed by atoms with Crippen LogP contribution in [0.1, 0.15) is 44.2 Å². The first kappa shape index (κ1) is 12.7. The summed E-state index contributed by atoms with van der Waals surface area (Å²) in [5, 5.41) is 3.22. The molecule has 1 amide bonds. The summed E-state index contributed by atoms with van der Waals surface area (Å²) in [7, 11) is 0. The summed E-state index contributed by atoms with van der Waals surface area (Å²) < 4.78 is 0. The molecule has 1 aromatic rings. The van der Waals surface area contributed by atoms with E-state index in [0.717, 1.165) is 38.8 Å². The molecule has 1 N–H and O–H groups in total. The Balaban J connectivity index is 1.71. The van der Waals surface area contributed by atoms with Gasteiger partial charge in [0.1, 0.15) is 5.54 Å². The molecule has 0 aliphatic carbocycles. The van der Waals surface area contributed by atoms with Crippen molar-refractivity contribution >= 4 is 5.91 Å². The van der Waals surface area contributed by atoms with E-state index in [2.05, 4.69) is 29.3 Å². The molecule has 0 unspecified atom stereocenters. The van der Waals surface area contributed by atoms with E-state index in [1.807, 2.05) is 18.2 Å². The number of hydrogen-bond donors (Lipinski definition) is 1. The van der Waals surface area contributed by atoms with E-state index in [0.29, 0.717) is 0 Å². The maximum absolute atomic E-state index is 12.7. The first-order valence-electron chi connectivity index (χ1n) is 7.33. The molecule has 2 aliphatic rings. The largest absolute Gasteiger partial charge is 0.348 e. The maximum atomic E-state index is 12.7. The highest BCUT2D eigenvalue weighted by molar-refractivity contribution is 5.87. The van der Waals surface area contributed by atoms with Crippen molar-refractivity contribution < 1.29 is 4.79 Å². The summed E-state index contributed by atoms with van der Waals surface area (Å²) in [4.78, 5) is 15.1. The van der Waals surface area contributed by atoms with Gasteiger partial charge < -0.3 is 5.32 Å². The van der Waals surface area contributed by atoms with Crippen molar-refractivity contribution in [3.8, 4) is 0 Å². The predicted octanol–water partition coefficient (Wildman–Crippen LogP) is 2.49. The summed E-state index contributed by atoms with van der Waals surface area (Å²) in [6.07, 6.45) is 4.38. The Morgan fingerprint density at radius 1 is 1.21 bits per heavy atom. The van der Waals surface area contributed by atoms with E-state index in [1.165, 1.54) is 5.56 Å². The number of amides is 1. The fraction of sp³-hybridized carbons (Fsp3) is 0.562. The number of nitrogens with zero attached hydrogens (tertiary/aromatic N) is 1. The second kappa shape index (κ2) is 4.97. The molecule has 2 heterocycles. The highest BCUT2D eigenvalue weighted by Gasteiger charge is 2.50. The van der Waals surface area contributed by atoms with Crippen molar-refractivity contribution in [1.82, 2.24) is 10.2 Å². The van der Waals surface area contributed by atoms with Gasteiger partial charge in [0.05, 0.1) is 6.04 Å². The van der Waals surface area contributed by atoms with Crippen LogP contribution >= 0.6 is 0 Å². The van der Waals surface area contributed by atoms with E-state index >= 15 is 0 Å². The minimum atomic E-state index is -0.191. The molecule has 0 bridgehead atoms. The molecule has 2 fully saturated rings. The second-order valence-electron chi connectivity index (χ2n) is 5.83. The molecule has 3 nitrogen and oxygen atoms in total. The smallest absolute Gasteiger partial charge is 0.240 e. The zero-order chi connectivity index (χ0) is 13.3. The number of benzene rings is 1. The standard InChI is InChI=1S/C16H22N2O/c1-13(14-7-3-2-4-8-14)17-15(19)16-9-5-11-18(16)12-6-10-16/h2-4,7-8,13H,5-6,9-12H2,1H3,(H,17,19)/t13-/m0/s1. The Bertz CT molecular complexity index is 447. The van der Waals surface area contributed by atoms with Crippen LogP contribution < -0.4 is 5.32 Å². The van der Waals surface area contributed by atoms with E-state index in [-0.39, 0.29) is 17.5 Å². The van der Waals surface area contributed by atoms with Crippen LogP contribution in [0.3, 0.4) is 0 Å². The van der Waals surface area contributed by atoms with Gasteiger partial charge in [0.25, 0.3) is 0 Å². The molecule has 1 aromatic carbocycles. The van der Waals surface area contributed by atoms with Crippen molar-refractivity contribution in [3.05, 3.63) is 35.9 Å². The van der Waals surface area contributed by atoms with Crippen molar-refractivity contribution in [2.75, 3.05) is 13.1 Å². The first-order chi connectivity index (χ1) is 9.22. The molecular formula is C16H22N2O. The monoisotopic (exact) mass is 258 g/mol. The Morgan fingerprint density at radius 3 is 2.47 bits per heavy atom. The van der Waals surface area contributed by atoms with Gasteiger partial charge in [0, 0.05) is 0 Å². The number of carbonyl (C=O) groups is 1. The van der Waals surface area contributed by atoms with E-state index in [1.54, 1.807) is 0 Å². The van der Waals surface area contributed by atoms with Gasteiger partial charge in [0.15, 0.2) is 0 Å². The van der Waals surface area contributed by atoms with Crippen LogP contribution in [0.15, 0.2) is 30.3 Å². The van der Waals surface area contributed by atoms with Crippen LogP contribution in [-0.2, 0) is 4.79 Å². The van der Waals surface area contributed by atoms with Gasteiger partial charge in [-0.2, -0.15) is 0 Å². The predicted molar refractivity (Wildman–Crippen MR) is 75.8 cm³/mol. The Morgan fingerprint density at radius 2 is 1.84 bits per heavy atom. The molecule has 3 heteroatoms. The molecule has 3 rings (SSSR count). The number of fused-ring (bicyclic) bond motifs is 1. The van der Waals surface area contributed by atoms with Gasteiger partial charge in [-0.15, -0.1) is 0 Å². The van der Waals surface area contributed by atoms with Crippen LogP contribution in [0.2, 0.25) is 0 Å². The normalized spacial score (nSPS) is 23.0. The SMILES string of the molecule is C[C@H](NC(=O)C12CCCN1CCC2)c1ccccc1. The molecule has 19 heavy (non-hydrogen) atoms. The molecule has 0 aromatic heterocycles. The summed E-state index contributed by atoms with van der Waals surface area (Å²) in [5.41, 5.74) is 0.984. The van der Waals surface area contributed by atoms with E-state index < -0.39 is 0 Å². The summed E-state index contributed by atoms with van der Waals surface area (Å²) in [6, 6.07) is 10.3. The zero-order valence-electron chi connectivity index (χ0n) is 11.6. The fourth-order valence-electron chi connectivity index (χ4n) is 3.63. The van der Waals surface area contributed by atoms with Gasteiger partial charge in [-0.1, -0.05) is 30.3 Å². The highest BCUT2D eigenvalue weighted by Crippen LogP contribution is 2.39. The van der Waals surface area contributed by atoms with Crippen LogP contribution in [0.25, 0.3) is 0 Å². The molecule has 0 spiro atoms. The number of carbonyl (C=O) groups excluding carboxylic acids is 1. The molecule has 1 atom stereocenters. The van der Waals surface area contributed by atoms with Crippen LogP contribution in [0.4, 0.5) is 0 Å². The van der Waals surface area contributed by atoms with Gasteiger partial charge >= 0.3 is 0 Å². The molecule has 102 valence electrons. The topological polar surface area (TPSA) is 32.3 Å².